The quantitative estimate of drug-likeness (QED) is 0.615. The summed E-state index contributed by atoms with van der Waals surface area (Å²) in [5.41, 5.74) is 0.321. The van der Waals surface area contributed by atoms with Gasteiger partial charge in [0.2, 0.25) is 0 Å². The van der Waals surface area contributed by atoms with E-state index in [1.165, 1.54) is 0 Å². The fourth-order valence-corrected chi connectivity index (χ4v) is 2.60. The Morgan fingerprint density at radius 1 is 1.29 bits per heavy atom. The van der Waals surface area contributed by atoms with Crippen LogP contribution in [0.3, 0.4) is 0 Å². The number of likely N-dealkylation sites (tertiary alicyclic amines) is 2. The van der Waals surface area contributed by atoms with Crippen molar-refractivity contribution >= 4 is 0 Å². The van der Waals surface area contributed by atoms with Crippen molar-refractivity contribution in [3.63, 3.8) is 0 Å². The topological polar surface area (TPSA) is 26.7 Å². The number of hydrogen-bond acceptors (Lipinski definition) is 3. The summed E-state index contributed by atoms with van der Waals surface area (Å²) in [7, 11) is 2.14. The highest BCUT2D eigenvalue weighted by molar-refractivity contribution is 5.13. The van der Waals surface area contributed by atoms with Gasteiger partial charge in [-0.25, -0.2) is 0 Å². The molecule has 0 aromatic heterocycles. The van der Waals surface area contributed by atoms with Crippen molar-refractivity contribution < 1.29 is 5.11 Å². The highest BCUT2D eigenvalue weighted by Crippen LogP contribution is 2.39. The number of aliphatic hydroxyl groups is 1. The molecular weight excluding hydrogens is 176 g/mol. The molecule has 2 rings (SSSR count). The summed E-state index contributed by atoms with van der Waals surface area (Å²) in [6.07, 6.45) is 0.820. The van der Waals surface area contributed by atoms with E-state index in [9.17, 15) is 5.11 Å². The molecule has 2 fully saturated rings. The van der Waals surface area contributed by atoms with E-state index in [-0.39, 0.29) is 17.2 Å². The van der Waals surface area contributed by atoms with Crippen LogP contribution in [-0.4, -0.2) is 58.8 Å². The summed E-state index contributed by atoms with van der Waals surface area (Å²) >= 11 is 0. The second-order valence-corrected chi connectivity index (χ2v) is 5.86. The average molecular weight is 198 g/mol. The summed E-state index contributed by atoms with van der Waals surface area (Å²) in [5.74, 6) is 0. The Morgan fingerprint density at radius 2 is 1.86 bits per heavy atom. The highest BCUT2D eigenvalue weighted by atomic mass is 16.3. The van der Waals surface area contributed by atoms with Crippen molar-refractivity contribution in [2.24, 2.45) is 0 Å². The van der Waals surface area contributed by atoms with Crippen LogP contribution >= 0.6 is 0 Å². The number of rotatable bonds is 0. The first-order chi connectivity index (χ1) is 6.36. The first kappa shape index (κ1) is 10.4. The minimum Gasteiger partial charge on any atom is -0.391 e. The zero-order chi connectivity index (χ0) is 10.6. The predicted octanol–water partition coefficient (Wildman–Crippen LogP) is 0.536. The van der Waals surface area contributed by atoms with Gasteiger partial charge in [-0.2, -0.15) is 0 Å². The maximum absolute atomic E-state index is 9.99. The van der Waals surface area contributed by atoms with E-state index in [4.69, 9.17) is 0 Å². The molecule has 1 N–H and O–H groups in total. The molecule has 0 saturated carbocycles. The number of aliphatic hydroxyl groups excluding tert-OH is 1. The molecule has 14 heavy (non-hydrogen) atoms. The molecule has 0 aromatic rings. The predicted molar refractivity (Wildman–Crippen MR) is 57.3 cm³/mol. The number of likely N-dealkylation sites (N-methyl/N-ethyl adjacent to an activating group) is 1. The molecule has 2 aliphatic rings. The van der Waals surface area contributed by atoms with Gasteiger partial charge in [0.05, 0.1) is 11.6 Å². The van der Waals surface area contributed by atoms with Crippen LogP contribution in [0, 0.1) is 0 Å². The lowest BCUT2D eigenvalue weighted by atomic mass is 9.81. The van der Waals surface area contributed by atoms with E-state index >= 15 is 0 Å². The standard InChI is InChI=1S/C11H22N2O/c1-10(2,3)13-7-11(8-13)9(14)5-6-12(11)4/h9,14H,5-8H2,1-4H3/t9-/m0/s1. The molecule has 0 unspecified atom stereocenters. The molecule has 0 radical (unpaired) electrons. The second-order valence-electron chi connectivity index (χ2n) is 5.86. The van der Waals surface area contributed by atoms with Crippen LogP contribution in [0.5, 0.6) is 0 Å². The molecule has 2 aliphatic heterocycles. The van der Waals surface area contributed by atoms with Crippen molar-refractivity contribution in [1.82, 2.24) is 9.80 Å². The Labute approximate surface area is 86.7 Å². The van der Waals surface area contributed by atoms with Gasteiger partial charge in [0.15, 0.2) is 0 Å². The fourth-order valence-electron chi connectivity index (χ4n) is 2.60. The van der Waals surface area contributed by atoms with Crippen LogP contribution in [0.2, 0.25) is 0 Å². The Morgan fingerprint density at radius 3 is 2.21 bits per heavy atom. The lowest BCUT2D eigenvalue weighted by Crippen LogP contribution is -2.74. The molecule has 0 bridgehead atoms. The molecule has 2 saturated heterocycles. The largest absolute Gasteiger partial charge is 0.391 e. The Kier molecular flexibility index (Phi) is 2.18. The van der Waals surface area contributed by atoms with Crippen LogP contribution in [0.25, 0.3) is 0 Å². The molecule has 1 atom stereocenters. The zero-order valence-electron chi connectivity index (χ0n) is 9.75. The van der Waals surface area contributed by atoms with E-state index in [0.717, 1.165) is 26.1 Å². The normalized spacial score (nSPS) is 33.6. The first-order valence-corrected chi connectivity index (χ1v) is 5.51. The van der Waals surface area contributed by atoms with Crippen molar-refractivity contribution in [2.45, 2.75) is 44.4 Å². The molecule has 0 amide bonds. The third-order valence-corrected chi connectivity index (χ3v) is 4.00. The lowest BCUT2D eigenvalue weighted by Gasteiger charge is -2.58. The van der Waals surface area contributed by atoms with E-state index in [0.29, 0.717) is 0 Å². The molecule has 3 heteroatoms. The van der Waals surface area contributed by atoms with Gasteiger partial charge in [0.25, 0.3) is 0 Å². The minimum absolute atomic E-state index is 0.0767. The molecule has 1 spiro atoms. The SMILES string of the molecule is CN1CC[C@H](O)C12CN(C(C)(C)C)C2. The number of hydrogen-bond donors (Lipinski definition) is 1. The van der Waals surface area contributed by atoms with Crippen LogP contribution < -0.4 is 0 Å². The van der Waals surface area contributed by atoms with Gasteiger partial charge in [-0.3, -0.25) is 9.80 Å². The maximum atomic E-state index is 9.99. The molecular formula is C11H22N2O. The number of nitrogens with zero attached hydrogens (tertiary/aromatic N) is 2. The van der Waals surface area contributed by atoms with Gasteiger partial charge < -0.3 is 5.11 Å². The summed E-state index contributed by atoms with van der Waals surface area (Å²) in [4.78, 5) is 4.78. The van der Waals surface area contributed by atoms with Gasteiger partial charge in [-0.05, 0) is 34.2 Å². The molecule has 2 heterocycles. The van der Waals surface area contributed by atoms with Gasteiger partial charge in [-0.1, -0.05) is 0 Å². The first-order valence-electron chi connectivity index (χ1n) is 5.51. The maximum Gasteiger partial charge on any atom is 0.0761 e. The summed E-state index contributed by atoms with van der Waals surface area (Å²) in [6, 6.07) is 0. The molecule has 0 aliphatic carbocycles. The second kappa shape index (κ2) is 2.94. The fraction of sp³-hybridized carbons (Fsp3) is 1.00. The average Bonchev–Trinajstić information content (AvgIpc) is 2.22. The smallest absolute Gasteiger partial charge is 0.0761 e. The van der Waals surface area contributed by atoms with Crippen molar-refractivity contribution in [3.05, 3.63) is 0 Å². The molecule has 82 valence electrons. The van der Waals surface area contributed by atoms with Crippen LogP contribution in [0.4, 0.5) is 0 Å². The van der Waals surface area contributed by atoms with Crippen molar-refractivity contribution in [3.8, 4) is 0 Å². The van der Waals surface area contributed by atoms with Gasteiger partial charge in [-0.15, -0.1) is 0 Å². The van der Waals surface area contributed by atoms with Crippen LogP contribution in [0.15, 0.2) is 0 Å². The third-order valence-electron chi connectivity index (χ3n) is 4.00. The Bertz CT molecular complexity index is 216. The van der Waals surface area contributed by atoms with Crippen LogP contribution in [-0.2, 0) is 0 Å². The van der Waals surface area contributed by atoms with E-state index in [2.05, 4.69) is 37.6 Å². The van der Waals surface area contributed by atoms with Gasteiger partial charge in [0.1, 0.15) is 0 Å². The summed E-state index contributed by atoms with van der Waals surface area (Å²) < 4.78 is 0. The van der Waals surface area contributed by atoms with Gasteiger partial charge in [0, 0.05) is 25.2 Å². The summed E-state index contributed by atoms with van der Waals surface area (Å²) in [5, 5.41) is 9.99. The van der Waals surface area contributed by atoms with E-state index in [1.54, 1.807) is 0 Å². The van der Waals surface area contributed by atoms with Crippen LogP contribution in [0.1, 0.15) is 27.2 Å². The van der Waals surface area contributed by atoms with Crippen molar-refractivity contribution in [2.75, 3.05) is 26.7 Å². The molecule has 3 nitrogen and oxygen atoms in total. The Hall–Kier alpha value is -0.120. The molecule has 0 aromatic carbocycles. The highest BCUT2D eigenvalue weighted by Gasteiger charge is 2.56. The van der Waals surface area contributed by atoms with E-state index in [1.807, 2.05) is 0 Å². The third kappa shape index (κ3) is 1.30. The minimum atomic E-state index is -0.119. The Balaban J connectivity index is 2.04. The monoisotopic (exact) mass is 198 g/mol. The lowest BCUT2D eigenvalue weighted by molar-refractivity contribution is -0.111. The van der Waals surface area contributed by atoms with Crippen molar-refractivity contribution in [1.29, 1.82) is 0 Å². The van der Waals surface area contributed by atoms with Gasteiger partial charge >= 0.3 is 0 Å². The van der Waals surface area contributed by atoms with E-state index < -0.39 is 0 Å². The summed E-state index contributed by atoms with van der Waals surface area (Å²) in [6.45, 7) is 9.80. The zero-order valence-corrected chi connectivity index (χ0v) is 9.75.